The molecule has 1 amide bonds. The Balaban J connectivity index is 1.93. The predicted octanol–water partition coefficient (Wildman–Crippen LogP) is -0.0462. The monoisotopic (exact) mass is 542 g/mol. The van der Waals surface area contributed by atoms with Gasteiger partial charge in [0.1, 0.15) is 17.1 Å². The average Bonchev–Trinajstić information content (AvgIpc) is 2.81. The first-order valence-corrected chi connectivity index (χ1v) is 12.4. The molecule has 210 valence electrons. The van der Waals surface area contributed by atoms with Crippen LogP contribution in [0.4, 0.5) is 11.4 Å². The van der Waals surface area contributed by atoms with Crippen LogP contribution in [0.15, 0.2) is 28.0 Å². The molecule has 0 bridgehead atoms. The minimum absolute atomic E-state index is 0.0290. The van der Waals surface area contributed by atoms with Crippen molar-refractivity contribution in [2.24, 2.45) is 34.0 Å². The summed E-state index contributed by atoms with van der Waals surface area (Å²) in [5.74, 6) is -6.21. The second-order valence-corrected chi connectivity index (χ2v) is 11.0. The number of carbonyl (C=O) groups is 3. The van der Waals surface area contributed by atoms with E-state index in [9.17, 15) is 34.8 Å². The van der Waals surface area contributed by atoms with Gasteiger partial charge < -0.3 is 47.8 Å². The molecule has 4 rings (SSSR count). The third-order valence-corrected chi connectivity index (χ3v) is 7.59. The highest BCUT2D eigenvalue weighted by Gasteiger charge is 2.67. The Kier molecular flexibility index (Phi) is 6.64. The number of anilines is 2. The van der Waals surface area contributed by atoms with Crippen molar-refractivity contribution < 1.29 is 34.8 Å². The van der Waals surface area contributed by atoms with Gasteiger partial charge in [-0.25, -0.2) is 0 Å². The fourth-order valence-corrected chi connectivity index (χ4v) is 5.75. The van der Waals surface area contributed by atoms with E-state index in [1.165, 1.54) is 0 Å². The molecule has 1 aromatic rings. The summed E-state index contributed by atoms with van der Waals surface area (Å²) in [6.07, 6.45) is -0.716. The van der Waals surface area contributed by atoms with Crippen LogP contribution in [0.1, 0.15) is 37.8 Å². The van der Waals surface area contributed by atoms with E-state index >= 15 is 0 Å². The molecule has 3 atom stereocenters. The number of phenolic OH excluding ortho intramolecular Hbond substituents is 1. The van der Waals surface area contributed by atoms with Crippen LogP contribution in [-0.2, 0) is 20.8 Å². The number of carbonyl (C=O) groups excluding carboxylic acids is 3. The van der Waals surface area contributed by atoms with Gasteiger partial charge in [-0.15, -0.1) is 0 Å². The summed E-state index contributed by atoms with van der Waals surface area (Å²) in [6, 6.07) is 1.63. The van der Waals surface area contributed by atoms with Gasteiger partial charge in [-0.05, 0) is 36.3 Å². The number of aromatic hydroxyl groups is 1. The molecule has 0 heterocycles. The van der Waals surface area contributed by atoms with Crippen molar-refractivity contribution in [2.75, 3.05) is 30.9 Å². The van der Waals surface area contributed by atoms with E-state index in [1.807, 2.05) is 13.8 Å². The second kappa shape index (κ2) is 9.27. The molecule has 13 nitrogen and oxygen atoms in total. The number of fused-ring (bicyclic) bond motifs is 3. The molecule has 39 heavy (non-hydrogen) atoms. The van der Waals surface area contributed by atoms with Gasteiger partial charge in [-0.1, -0.05) is 13.8 Å². The lowest BCUT2D eigenvalue weighted by Crippen LogP contribution is -2.73. The Morgan fingerprint density at radius 3 is 2.44 bits per heavy atom. The van der Waals surface area contributed by atoms with Crippen molar-refractivity contribution in [1.82, 2.24) is 0 Å². The van der Waals surface area contributed by atoms with Crippen LogP contribution in [0, 0.1) is 11.8 Å². The van der Waals surface area contributed by atoms with Crippen molar-refractivity contribution in [3.05, 3.63) is 34.1 Å². The lowest BCUT2D eigenvalue weighted by Gasteiger charge is -2.52. The number of aliphatic hydroxyl groups is 3. The van der Waals surface area contributed by atoms with Crippen LogP contribution in [0.25, 0.3) is 5.76 Å². The Bertz CT molecular complexity index is 1400. The summed E-state index contributed by atoms with van der Waals surface area (Å²) in [5, 5.41) is 47.8. The number of nitrogens with two attached hydrogens (primary N) is 3. The number of amides is 1. The molecule has 13 heteroatoms. The second-order valence-electron chi connectivity index (χ2n) is 11.0. The van der Waals surface area contributed by atoms with Gasteiger partial charge in [0.25, 0.3) is 5.91 Å². The number of nitrogens with one attached hydrogen (secondary N) is 1. The van der Waals surface area contributed by atoms with Crippen LogP contribution in [-0.4, -0.2) is 75.6 Å². The highest BCUT2D eigenvalue weighted by Crippen LogP contribution is 2.54. The Morgan fingerprint density at radius 2 is 1.87 bits per heavy atom. The Labute approximate surface area is 224 Å². The maximum atomic E-state index is 13.8. The Hall–Kier alpha value is -4.10. The van der Waals surface area contributed by atoms with E-state index in [0.29, 0.717) is 17.8 Å². The standard InChI is InChI=1S/C26H34N6O7/c1-10(2)9-30-24(28)31-13-6-14(32(3)4)12-5-11-7-25(29)8-15(33)18(23(27)38)22(37)26(25,39)21(36)16(11)20(35)17(12)19(13)34/h6,10-11,34-35,37,39H,5,7-9,29H2,1-4H3,(H2,27,38)(H3,28,30,31)/t11-,25+,26-/m0/s1. The highest BCUT2D eigenvalue weighted by molar-refractivity contribution is 6.23. The fraction of sp³-hybridized carbons (Fsp3) is 0.462. The zero-order valence-corrected chi connectivity index (χ0v) is 22.2. The zero-order valence-electron chi connectivity index (χ0n) is 22.2. The topological polar surface area (TPSA) is 238 Å². The van der Waals surface area contributed by atoms with Crippen molar-refractivity contribution in [1.29, 1.82) is 0 Å². The number of ketones is 2. The van der Waals surface area contributed by atoms with Crippen molar-refractivity contribution in [2.45, 2.75) is 44.2 Å². The number of hydrogen-bond donors (Lipinski definition) is 8. The van der Waals surface area contributed by atoms with Gasteiger partial charge in [0.15, 0.2) is 17.5 Å². The summed E-state index contributed by atoms with van der Waals surface area (Å²) in [5.41, 5.74) is 12.7. The minimum Gasteiger partial charge on any atom is -0.508 e. The quantitative estimate of drug-likeness (QED) is 0.106. The average molecular weight is 543 g/mol. The number of aliphatic hydroxyl groups excluding tert-OH is 2. The first kappa shape index (κ1) is 27.9. The molecule has 1 aromatic carbocycles. The number of guanidine groups is 1. The smallest absolute Gasteiger partial charge is 0.255 e. The highest BCUT2D eigenvalue weighted by atomic mass is 16.4. The largest absolute Gasteiger partial charge is 0.508 e. The molecule has 0 radical (unpaired) electrons. The molecule has 3 aliphatic rings. The molecule has 1 saturated carbocycles. The number of benzene rings is 1. The molecular formula is C26H34N6O7. The minimum atomic E-state index is -2.90. The van der Waals surface area contributed by atoms with Gasteiger partial charge in [0.05, 0.1) is 16.8 Å². The number of nitrogens with zero attached hydrogens (tertiary/aromatic N) is 2. The Morgan fingerprint density at radius 1 is 1.23 bits per heavy atom. The third kappa shape index (κ3) is 4.08. The van der Waals surface area contributed by atoms with Crippen LogP contribution in [0.2, 0.25) is 0 Å². The van der Waals surface area contributed by atoms with Crippen LogP contribution in [0.5, 0.6) is 5.75 Å². The molecule has 0 spiro atoms. The molecule has 11 N–H and O–H groups in total. The molecular weight excluding hydrogens is 508 g/mol. The number of rotatable bonds is 5. The maximum Gasteiger partial charge on any atom is 0.255 e. The van der Waals surface area contributed by atoms with Gasteiger partial charge in [0, 0.05) is 38.3 Å². The molecule has 0 saturated heterocycles. The molecule has 3 aliphatic carbocycles. The van der Waals surface area contributed by atoms with Gasteiger partial charge in [-0.3, -0.25) is 19.4 Å². The summed E-state index contributed by atoms with van der Waals surface area (Å²) < 4.78 is 0. The van der Waals surface area contributed by atoms with Gasteiger partial charge in [-0.2, -0.15) is 0 Å². The number of hydrogen-bond acceptors (Lipinski definition) is 10. The van der Waals surface area contributed by atoms with Crippen LogP contribution >= 0.6 is 0 Å². The molecule has 1 fully saturated rings. The molecule has 0 aliphatic heterocycles. The van der Waals surface area contributed by atoms with Crippen molar-refractivity contribution >= 4 is 40.6 Å². The van der Waals surface area contributed by atoms with E-state index < -0.39 is 63.8 Å². The zero-order chi connectivity index (χ0) is 29.2. The normalized spacial score (nSPS) is 26.8. The lowest BCUT2D eigenvalue weighted by molar-refractivity contribution is -0.150. The number of primary amides is 1. The van der Waals surface area contributed by atoms with Crippen LogP contribution < -0.4 is 27.4 Å². The fourth-order valence-electron chi connectivity index (χ4n) is 5.75. The molecule has 0 aromatic heterocycles. The van der Waals surface area contributed by atoms with Crippen LogP contribution in [0.3, 0.4) is 0 Å². The number of Topliss-reactive ketones (excluding diaryl/α,β-unsaturated/α-hetero) is 2. The van der Waals surface area contributed by atoms with Gasteiger partial charge >= 0.3 is 0 Å². The van der Waals surface area contributed by atoms with E-state index in [1.54, 1.807) is 25.1 Å². The van der Waals surface area contributed by atoms with E-state index in [2.05, 4.69) is 10.3 Å². The SMILES string of the molecule is CC(C)CN=C(N)Nc1cc(N(C)C)c2c(c1O)C(O)=C1C(=O)[C@]3(O)C(O)=C(C(N)=O)C(=O)C[C@]3(N)C[C@@H]1C2. The first-order valence-electron chi connectivity index (χ1n) is 12.4. The van der Waals surface area contributed by atoms with Crippen molar-refractivity contribution in [3.8, 4) is 5.75 Å². The lowest BCUT2D eigenvalue weighted by atomic mass is 9.55. The number of phenols is 1. The van der Waals surface area contributed by atoms with Crippen molar-refractivity contribution in [3.63, 3.8) is 0 Å². The third-order valence-electron chi connectivity index (χ3n) is 7.59. The first-order chi connectivity index (χ1) is 18.0. The van der Waals surface area contributed by atoms with E-state index in [0.717, 1.165) is 0 Å². The van der Waals surface area contributed by atoms with E-state index in [4.69, 9.17) is 17.2 Å². The summed E-state index contributed by atoms with van der Waals surface area (Å²) in [7, 11) is 3.51. The summed E-state index contributed by atoms with van der Waals surface area (Å²) >= 11 is 0. The van der Waals surface area contributed by atoms with E-state index in [-0.39, 0.29) is 41.5 Å². The summed E-state index contributed by atoms with van der Waals surface area (Å²) in [6.45, 7) is 4.36. The summed E-state index contributed by atoms with van der Waals surface area (Å²) in [4.78, 5) is 44.3. The van der Waals surface area contributed by atoms with Gasteiger partial charge in [0.2, 0.25) is 11.4 Å². The maximum absolute atomic E-state index is 13.8. The number of aliphatic imine (C=N–C) groups is 1. The molecule has 0 unspecified atom stereocenters. The predicted molar refractivity (Wildman–Crippen MR) is 144 cm³/mol.